The summed E-state index contributed by atoms with van der Waals surface area (Å²) in [6.45, 7) is 4.64. The van der Waals surface area contributed by atoms with Gasteiger partial charge >= 0.3 is 6.03 Å². The topological polar surface area (TPSA) is 47.6 Å². The molecule has 0 spiro atoms. The predicted molar refractivity (Wildman–Crippen MR) is 107 cm³/mol. The van der Waals surface area contributed by atoms with Gasteiger partial charge in [0.05, 0.1) is 6.04 Å². The van der Waals surface area contributed by atoms with E-state index in [1.807, 2.05) is 18.2 Å². The van der Waals surface area contributed by atoms with Crippen LogP contribution in [0.25, 0.3) is 0 Å². The lowest BCUT2D eigenvalue weighted by atomic mass is 10.0. The number of nitrogens with one attached hydrogen (secondary N) is 2. The number of piperazine rings is 1. The molecule has 2 aromatic rings. The summed E-state index contributed by atoms with van der Waals surface area (Å²) in [6, 6.07) is 17.4. The monoisotopic (exact) mass is 372 g/mol. The summed E-state index contributed by atoms with van der Waals surface area (Å²) in [5, 5.41) is 6.51. The first-order chi connectivity index (χ1) is 12.6. The Labute approximate surface area is 159 Å². The first-order valence-electron chi connectivity index (χ1n) is 8.90. The number of nitrogens with zero attached hydrogens (tertiary/aromatic N) is 2. The van der Waals surface area contributed by atoms with E-state index < -0.39 is 0 Å². The Morgan fingerprint density at radius 1 is 1.04 bits per heavy atom. The van der Waals surface area contributed by atoms with Gasteiger partial charge in [-0.3, -0.25) is 4.90 Å². The third-order valence-electron chi connectivity index (χ3n) is 4.72. The van der Waals surface area contributed by atoms with Crippen LogP contribution in [-0.2, 0) is 0 Å². The van der Waals surface area contributed by atoms with Crippen molar-refractivity contribution in [2.45, 2.75) is 6.04 Å². The van der Waals surface area contributed by atoms with Gasteiger partial charge in [-0.15, -0.1) is 0 Å². The van der Waals surface area contributed by atoms with Gasteiger partial charge in [-0.1, -0.05) is 41.9 Å². The minimum atomic E-state index is -0.206. The van der Waals surface area contributed by atoms with Crippen LogP contribution in [0.2, 0.25) is 5.02 Å². The molecule has 1 saturated heterocycles. The summed E-state index contributed by atoms with van der Waals surface area (Å²) in [6.07, 6.45) is 0. The van der Waals surface area contributed by atoms with E-state index >= 15 is 0 Å². The van der Waals surface area contributed by atoms with Crippen LogP contribution < -0.4 is 10.6 Å². The van der Waals surface area contributed by atoms with Crippen molar-refractivity contribution < 1.29 is 4.79 Å². The zero-order valence-electron chi connectivity index (χ0n) is 15.0. The molecule has 2 amide bonds. The highest BCUT2D eigenvalue weighted by Crippen LogP contribution is 2.21. The fourth-order valence-electron chi connectivity index (χ4n) is 3.16. The summed E-state index contributed by atoms with van der Waals surface area (Å²) < 4.78 is 0. The molecule has 5 nitrogen and oxygen atoms in total. The molecule has 6 heteroatoms. The molecule has 0 aromatic heterocycles. The van der Waals surface area contributed by atoms with Crippen LogP contribution in [-0.4, -0.2) is 55.6 Å². The molecule has 3 rings (SSSR count). The van der Waals surface area contributed by atoms with Gasteiger partial charge in [0.2, 0.25) is 0 Å². The second-order valence-electron chi connectivity index (χ2n) is 6.61. The molecule has 1 atom stereocenters. The predicted octanol–water partition coefficient (Wildman–Crippen LogP) is 3.45. The van der Waals surface area contributed by atoms with Crippen LogP contribution >= 0.6 is 11.6 Å². The number of carbonyl (C=O) groups excluding carboxylic acids is 1. The molecule has 1 fully saturated rings. The quantitative estimate of drug-likeness (QED) is 0.845. The lowest BCUT2D eigenvalue weighted by Crippen LogP contribution is -2.48. The third-order valence-corrected chi connectivity index (χ3v) is 4.97. The van der Waals surface area contributed by atoms with Crippen molar-refractivity contribution in [1.82, 2.24) is 15.1 Å². The van der Waals surface area contributed by atoms with Crippen molar-refractivity contribution >= 4 is 23.3 Å². The minimum Gasteiger partial charge on any atom is -0.336 e. The van der Waals surface area contributed by atoms with Crippen molar-refractivity contribution in [2.24, 2.45) is 0 Å². The number of rotatable bonds is 5. The fraction of sp³-hybridized carbons (Fsp3) is 0.350. The zero-order valence-corrected chi connectivity index (χ0v) is 15.7. The molecule has 0 radical (unpaired) electrons. The lowest BCUT2D eigenvalue weighted by Gasteiger charge is -2.38. The second kappa shape index (κ2) is 9.03. The first kappa shape index (κ1) is 18.7. The summed E-state index contributed by atoms with van der Waals surface area (Å²) >= 11 is 5.88. The number of benzene rings is 2. The van der Waals surface area contributed by atoms with E-state index in [1.165, 1.54) is 5.56 Å². The summed E-state index contributed by atoms with van der Waals surface area (Å²) in [5.41, 5.74) is 1.95. The van der Waals surface area contributed by atoms with Crippen molar-refractivity contribution in [3.05, 3.63) is 65.2 Å². The Kier molecular flexibility index (Phi) is 6.50. The third kappa shape index (κ3) is 5.21. The maximum Gasteiger partial charge on any atom is 0.319 e. The number of anilines is 1. The molecule has 1 aliphatic heterocycles. The van der Waals surface area contributed by atoms with Crippen LogP contribution in [0.15, 0.2) is 54.6 Å². The molecule has 1 unspecified atom stereocenters. The Bertz CT molecular complexity index is 700. The fourth-order valence-corrected chi connectivity index (χ4v) is 3.29. The molecule has 0 bridgehead atoms. The number of carbonyl (C=O) groups is 1. The molecule has 138 valence electrons. The number of hydrogen-bond acceptors (Lipinski definition) is 3. The highest BCUT2D eigenvalue weighted by atomic mass is 35.5. The van der Waals surface area contributed by atoms with E-state index in [4.69, 9.17) is 11.6 Å². The molecule has 0 aliphatic carbocycles. The van der Waals surface area contributed by atoms with Crippen LogP contribution in [0.3, 0.4) is 0 Å². The Morgan fingerprint density at radius 2 is 1.69 bits per heavy atom. The van der Waals surface area contributed by atoms with Crippen molar-refractivity contribution in [3.8, 4) is 0 Å². The van der Waals surface area contributed by atoms with Gasteiger partial charge in [-0.2, -0.15) is 0 Å². The highest BCUT2D eigenvalue weighted by Gasteiger charge is 2.24. The largest absolute Gasteiger partial charge is 0.336 e. The van der Waals surface area contributed by atoms with Gasteiger partial charge < -0.3 is 15.5 Å². The van der Waals surface area contributed by atoms with Crippen LogP contribution in [0, 0.1) is 0 Å². The Balaban J connectivity index is 1.62. The molecule has 1 heterocycles. The molecule has 1 aliphatic rings. The molecule has 2 aromatic carbocycles. The van der Waals surface area contributed by atoms with Crippen molar-refractivity contribution in [1.29, 1.82) is 0 Å². The molecule has 0 saturated carbocycles. The van der Waals surface area contributed by atoms with E-state index in [0.29, 0.717) is 11.6 Å². The minimum absolute atomic E-state index is 0.167. The SMILES string of the molecule is CN1CCN(C(CNC(=O)Nc2ccc(Cl)cc2)c2ccccc2)CC1. The zero-order chi connectivity index (χ0) is 18.4. The molecule has 2 N–H and O–H groups in total. The molecular formula is C20H25ClN4O. The maximum absolute atomic E-state index is 12.3. The number of amides is 2. The highest BCUT2D eigenvalue weighted by molar-refractivity contribution is 6.30. The van der Waals surface area contributed by atoms with Gasteiger partial charge in [0.15, 0.2) is 0 Å². The average molecular weight is 373 g/mol. The number of urea groups is 1. The van der Waals surface area contributed by atoms with Crippen LogP contribution in [0.5, 0.6) is 0 Å². The van der Waals surface area contributed by atoms with Gasteiger partial charge in [-0.05, 0) is 36.9 Å². The van der Waals surface area contributed by atoms with Crippen LogP contribution in [0.1, 0.15) is 11.6 Å². The van der Waals surface area contributed by atoms with E-state index in [9.17, 15) is 4.79 Å². The maximum atomic E-state index is 12.3. The summed E-state index contributed by atoms with van der Waals surface area (Å²) in [4.78, 5) is 17.1. The average Bonchev–Trinajstić information content (AvgIpc) is 2.66. The second-order valence-corrected chi connectivity index (χ2v) is 7.04. The Hall–Kier alpha value is -2.08. The normalized spacial score (nSPS) is 16.8. The summed E-state index contributed by atoms with van der Waals surface area (Å²) in [5.74, 6) is 0. The van der Waals surface area contributed by atoms with Gasteiger partial charge in [0.1, 0.15) is 0 Å². The van der Waals surface area contributed by atoms with Crippen molar-refractivity contribution in [3.63, 3.8) is 0 Å². The smallest absolute Gasteiger partial charge is 0.319 e. The number of halogens is 1. The standard InChI is InChI=1S/C20H25ClN4O/c1-24-11-13-25(14-12-24)19(16-5-3-2-4-6-16)15-22-20(26)23-18-9-7-17(21)8-10-18/h2-10,19H,11-15H2,1H3,(H2,22,23,26). The first-order valence-corrected chi connectivity index (χ1v) is 9.27. The lowest BCUT2D eigenvalue weighted by molar-refractivity contribution is 0.111. The van der Waals surface area contributed by atoms with E-state index in [1.54, 1.807) is 24.3 Å². The Morgan fingerprint density at radius 3 is 2.35 bits per heavy atom. The van der Waals surface area contributed by atoms with Gasteiger partial charge in [0.25, 0.3) is 0 Å². The van der Waals surface area contributed by atoms with Gasteiger partial charge in [-0.25, -0.2) is 4.79 Å². The summed E-state index contributed by atoms with van der Waals surface area (Å²) in [7, 11) is 2.15. The van der Waals surface area contributed by atoms with Crippen molar-refractivity contribution in [2.75, 3.05) is 45.1 Å². The van der Waals surface area contributed by atoms with E-state index in [0.717, 1.165) is 31.9 Å². The molecule has 26 heavy (non-hydrogen) atoms. The van der Waals surface area contributed by atoms with Crippen LogP contribution in [0.4, 0.5) is 10.5 Å². The van der Waals surface area contributed by atoms with Gasteiger partial charge in [0, 0.05) is 43.4 Å². The van der Waals surface area contributed by atoms with E-state index in [2.05, 4.69) is 39.6 Å². The molecular weight excluding hydrogens is 348 g/mol. The number of hydrogen-bond donors (Lipinski definition) is 2. The van der Waals surface area contributed by atoms with E-state index in [-0.39, 0.29) is 12.1 Å². The number of likely N-dealkylation sites (N-methyl/N-ethyl adjacent to an activating group) is 1.